The van der Waals surface area contributed by atoms with Crippen LogP contribution in [0.1, 0.15) is 59.9 Å². The maximum Gasteiger partial charge on any atom is 0.271 e. The Labute approximate surface area is 251 Å². The minimum Gasteiger partial charge on any atom is -0.343 e. The molecule has 5 rings (SSSR count). The number of carbonyl (C=O) groups is 4. The summed E-state index contributed by atoms with van der Waals surface area (Å²) in [6.07, 6.45) is 11.4. The van der Waals surface area contributed by atoms with Crippen LogP contribution in [-0.2, 0) is 9.59 Å². The van der Waals surface area contributed by atoms with Gasteiger partial charge in [-0.15, -0.1) is 0 Å². The summed E-state index contributed by atoms with van der Waals surface area (Å²) in [5.74, 6) is -0.621. The summed E-state index contributed by atoms with van der Waals surface area (Å²) in [5, 5.41) is 6.03. The molecular formula is C30H41N9O4. The van der Waals surface area contributed by atoms with Crippen molar-refractivity contribution in [1.29, 1.82) is 0 Å². The number of amides is 4. The lowest BCUT2D eigenvalue weighted by Gasteiger charge is -2.26. The Bertz CT molecular complexity index is 1320. The fourth-order valence-corrected chi connectivity index (χ4v) is 5.76. The minimum atomic E-state index is -0.762. The minimum absolute atomic E-state index is 0.0372. The molecule has 4 atom stereocenters. The molecule has 4 amide bonds. The number of pyridine rings is 1. The van der Waals surface area contributed by atoms with Crippen molar-refractivity contribution in [3.05, 3.63) is 53.5 Å². The van der Waals surface area contributed by atoms with Gasteiger partial charge in [0.2, 0.25) is 17.8 Å². The quantitative estimate of drug-likeness (QED) is 0.274. The molecule has 3 saturated heterocycles. The first-order chi connectivity index (χ1) is 20.7. The lowest BCUT2D eigenvalue weighted by Crippen LogP contribution is -2.46. The van der Waals surface area contributed by atoms with Crippen LogP contribution in [0.5, 0.6) is 0 Å². The third-order valence-corrected chi connectivity index (χ3v) is 8.29. The van der Waals surface area contributed by atoms with Gasteiger partial charge in [-0.1, -0.05) is 6.08 Å². The fourth-order valence-electron chi connectivity index (χ4n) is 5.76. The SMILES string of the molecule is CC1NNC2C=C(NC(=N[C@H]3CCCCN(CC(=O)N4CCCC4)C3=O)NC(=O)c3ccc(C(=O)N(C)C)nc3)C=CC12. The summed E-state index contributed by atoms with van der Waals surface area (Å²) in [7, 11) is 3.26. The molecule has 0 bridgehead atoms. The highest BCUT2D eigenvalue weighted by molar-refractivity contribution is 6.07. The van der Waals surface area contributed by atoms with E-state index in [0.717, 1.165) is 44.5 Å². The average molecular weight is 592 g/mol. The first-order valence-corrected chi connectivity index (χ1v) is 15.0. The summed E-state index contributed by atoms with van der Waals surface area (Å²) in [4.78, 5) is 65.7. The topological polar surface area (TPSA) is 151 Å². The van der Waals surface area contributed by atoms with Gasteiger partial charge < -0.3 is 20.0 Å². The maximum absolute atomic E-state index is 13.6. The van der Waals surface area contributed by atoms with E-state index in [1.165, 1.54) is 23.2 Å². The van der Waals surface area contributed by atoms with E-state index in [0.29, 0.717) is 13.0 Å². The summed E-state index contributed by atoms with van der Waals surface area (Å²) < 4.78 is 0. The number of likely N-dealkylation sites (tertiary alicyclic amines) is 2. The molecule has 1 aromatic rings. The fraction of sp³-hybridized carbons (Fsp3) is 0.533. The number of carbonyl (C=O) groups excluding carboxylic acids is 4. The lowest BCUT2D eigenvalue weighted by atomic mass is 9.91. The van der Waals surface area contributed by atoms with Crippen molar-refractivity contribution in [3.63, 3.8) is 0 Å². The van der Waals surface area contributed by atoms with Crippen LogP contribution >= 0.6 is 0 Å². The van der Waals surface area contributed by atoms with Crippen LogP contribution in [0.2, 0.25) is 0 Å². The second kappa shape index (κ2) is 13.5. The summed E-state index contributed by atoms with van der Waals surface area (Å²) in [5.41, 5.74) is 7.68. The molecular weight excluding hydrogens is 550 g/mol. The normalized spacial score (nSPS) is 25.6. The van der Waals surface area contributed by atoms with Gasteiger partial charge in [-0.25, -0.2) is 10.4 Å². The highest BCUT2D eigenvalue weighted by atomic mass is 16.2. The number of fused-ring (bicyclic) bond motifs is 1. The number of guanidine groups is 1. The molecule has 0 aromatic carbocycles. The van der Waals surface area contributed by atoms with Crippen LogP contribution in [0.25, 0.3) is 0 Å². The summed E-state index contributed by atoms with van der Waals surface area (Å²) in [6.45, 7) is 4.10. The smallest absolute Gasteiger partial charge is 0.271 e. The van der Waals surface area contributed by atoms with E-state index < -0.39 is 11.9 Å². The van der Waals surface area contributed by atoms with Gasteiger partial charge in [-0.05, 0) is 63.3 Å². The molecule has 43 heavy (non-hydrogen) atoms. The molecule has 0 radical (unpaired) electrons. The number of hydrazine groups is 1. The number of rotatable bonds is 6. The zero-order valence-electron chi connectivity index (χ0n) is 25.0. The molecule has 3 unspecified atom stereocenters. The Balaban J connectivity index is 1.36. The molecule has 3 fully saturated rings. The van der Waals surface area contributed by atoms with Crippen molar-refractivity contribution >= 4 is 29.6 Å². The number of nitrogens with one attached hydrogen (secondary N) is 4. The summed E-state index contributed by atoms with van der Waals surface area (Å²) in [6, 6.07) is 2.58. The van der Waals surface area contributed by atoms with Crippen LogP contribution in [-0.4, -0.2) is 108 Å². The maximum atomic E-state index is 13.6. The molecule has 1 aromatic heterocycles. The Morgan fingerprint density at radius 3 is 2.58 bits per heavy atom. The molecule has 3 aliphatic heterocycles. The van der Waals surface area contributed by atoms with Gasteiger partial charge in [0.25, 0.3) is 11.8 Å². The van der Waals surface area contributed by atoms with Gasteiger partial charge in [0.1, 0.15) is 11.7 Å². The molecule has 13 nitrogen and oxygen atoms in total. The standard InChI is InChI=1S/C30H41N9O4/c1-19-22-11-10-21(16-25(22)36-35-19)32-30(34-27(41)20-9-12-23(31-17-20)28(42)37(2)3)33-24-8-4-5-15-39(29(24)43)18-26(40)38-13-6-7-14-38/h9-12,16-17,19,22,24-25,35-36H,4-8,13-15,18H2,1-3H3,(H2,32,33,34,41)/t19?,22?,24-,25?/m0/s1. The van der Waals surface area contributed by atoms with E-state index in [1.54, 1.807) is 19.0 Å². The van der Waals surface area contributed by atoms with Crippen molar-refractivity contribution in [2.24, 2.45) is 10.9 Å². The number of aliphatic imine (C=N–C) groups is 1. The van der Waals surface area contributed by atoms with Gasteiger partial charge in [-0.3, -0.25) is 34.9 Å². The largest absolute Gasteiger partial charge is 0.343 e. The van der Waals surface area contributed by atoms with Crippen LogP contribution in [0, 0.1) is 5.92 Å². The second-order valence-corrected chi connectivity index (χ2v) is 11.7. The average Bonchev–Trinajstić information content (AvgIpc) is 3.64. The molecule has 0 saturated carbocycles. The van der Waals surface area contributed by atoms with Crippen LogP contribution in [0.4, 0.5) is 0 Å². The van der Waals surface area contributed by atoms with Crippen LogP contribution < -0.4 is 21.5 Å². The van der Waals surface area contributed by atoms with E-state index in [2.05, 4.69) is 39.5 Å². The van der Waals surface area contributed by atoms with Gasteiger partial charge in [-0.2, -0.15) is 0 Å². The predicted octanol–water partition coefficient (Wildman–Crippen LogP) is 0.397. The number of aromatic nitrogens is 1. The third kappa shape index (κ3) is 7.28. The molecule has 230 valence electrons. The highest BCUT2D eigenvalue weighted by Crippen LogP contribution is 2.23. The number of hydrogen-bond acceptors (Lipinski definition) is 8. The zero-order valence-corrected chi connectivity index (χ0v) is 25.0. The van der Waals surface area contributed by atoms with Crippen molar-refractivity contribution in [2.75, 3.05) is 40.3 Å². The van der Waals surface area contributed by atoms with Crippen LogP contribution in [0.15, 0.2) is 47.2 Å². The predicted molar refractivity (Wildman–Crippen MR) is 161 cm³/mol. The zero-order chi connectivity index (χ0) is 30.5. The van der Waals surface area contributed by atoms with Crippen molar-refractivity contribution < 1.29 is 19.2 Å². The van der Waals surface area contributed by atoms with Gasteiger partial charge >= 0.3 is 0 Å². The first-order valence-electron chi connectivity index (χ1n) is 15.0. The van der Waals surface area contributed by atoms with Gasteiger partial charge in [0.05, 0.1) is 12.1 Å². The Morgan fingerprint density at radius 1 is 1.09 bits per heavy atom. The molecule has 4 heterocycles. The van der Waals surface area contributed by atoms with Gasteiger partial charge in [0, 0.05) is 63.6 Å². The van der Waals surface area contributed by atoms with Crippen molar-refractivity contribution in [2.45, 2.75) is 57.2 Å². The molecule has 13 heteroatoms. The van der Waals surface area contributed by atoms with E-state index >= 15 is 0 Å². The van der Waals surface area contributed by atoms with E-state index in [-0.39, 0.29) is 59.5 Å². The molecule has 0 spiro atoms. The number of nitrogens with zero attached hydrogens (tertiary/aromatic N) is 5. The third-order valence-electron chi connectivity index (χ3n) is 8.29. The lowest BCUT2D eigenvalue weighted by molar-refractivity contribution is -0.140. The van der Waals surface area contributed by atoms with Crippen molar-refractivity contribution in [3.8, 4) is 0 Å². The highest BCUT2D eigenvalue weighted by Gasteiger charge is 2.33. The number of hydrogen-bond donors (Lipinski definition) is 4. The first kappa shape index (κ1) is 30.4. The van der Waals surface area contributed by atoms with E-state index in [4.69, 9.17) is 4.99 Å². The monoisotopic (exact) mass is 591 g/mol. The van der Waals surface area contributed by atoms with E-state index in [1.807, 2.05) is 17.1 Å². The Kier molecular flexibility index (Phi) is 9.51. The van der Waals surface area contributed by atoms with Crippen LogP contribution in [0.3, 0.4) is 0 Å². The van der Waals surface area contributed by atoms with Crippen molar-refractivity contribution in [1.82, 2.24) is 41.2 Å². The van der Waals surface area contributed by atoms with Gasteiger partial charge in [0.15, 0.2) is 0 Å². The Hall–Kier alpha value is -4.10. The second-order valence-electron chi connectivity index (χ2n) is 11.7. The Morgan fingerprint density at radius 2 is 1.86 bits per heavy atom. The molecule has 4 N–H and O–H groups in total. The molecule has 4 aliphatic rings. The summed E-state index contributed by atoms with van der Waals surface area (Å²) >= 11 is 0. The number of allylic oxidation sites excluding steroid dienone is 1. The van der Waals surface area contributed by atoms with E-state index in [9.17, 15) is 19.2 Å². The molecule has 1 aliphatic carbocycles.